The zero-order valence-corrected chi connectivity index (χ0v) is 20.3. The summed E-state index contributed by atoms with van der Waals surface area (Å²) in [4.78, 5) is 33.0. The van der Waals surface area contributed by atoms with Crippen LogP contribution < -0.4 is 0 Å². The van der Waals surface area contributed by atoms with E-state index in [9.17, 15) is 9.59 Å². The maximum Gasteiger partial charge on any atom is 0.236 e. The Hall–Kier alpha value is -0.620. The Morgan fingerprint density at radius 2 is 1.47 bits per heavy atom. The van der Waals surface area contributed by atoms with Crippen molar-refractivity contribution in [3.63, 3.8) is 0 Å². The predicted molar refractivity (Wildman–Crippen MR) is 121 cm³/mol. The molecule has 0 aromatic carbocycles. The van der Waals surface area contributed by atoms with Gasteiger partial charge in [-0.15, -0.1) is 0 Å². The molecule has 2 heterocycles. The minimum atomic E-state index is -0.106. The monoisotopic (exact) mass is 479 g/mol. The topological polar surface area (TPSA) is 43.9 Å². The second kappa shape index (κ2) is 7.75. The van der Waals surface area contributed by atoms with E-state index in [1.807, 2.05) is 0 Å². The number of carbonyl (C=O) groups excluding carboxylic acids is 2. The predicted octanol–water partition coefficient (Wildman–Crippen LogP) is 3.37. The number of alkyl halides is 1. The summed E-state index contributed by atoms with van der Waals surface area (Å²) in [6.07, 6.45) is 8.36. The van der Waals surface area contributed by atoms with Gasteiger partial charge in [-0.1, -0.05) is 29.8 Å². The lowest BCUT2D eigenvalue weighted by atomic mass is 9.49. The second-order valence-corrected chi connectivity index (χ2v) is 13.4. The van der Waals surface area contributed by atoms with E-state index in [0.717, 1.165) is 70.4 Å². The third kappa shape index (κ3) is 3.96. The Bertz CT molecular complexity index is 681. The van der Waals surface area contributed by atoms with Crippen molar-refractivity contribution in [3.8, 4) is 0 Å². The van der Waals surface area contributed by atoms with Gasteiger partial charge in [0.25, 0.3) is 0 Å². The van der Waals surface area contributed by atoms with Gasteiger partial charge in [-0.2, -0.15) is 0 Å². The van der Waals surface area contributed by atoms with Gasteiger partial charge in [0, 0.05) is 43.6 Å². The Labute approximate surface area is 190 Å². The molecule has 2 saturated heterocycles. The first kappa shape index (κ1) is 21.2. The Morgan fingerprint density at radius 1 is 0.867 bits per heavy atom. The normalized spacial score (nSPS) is 43.8. The van der Waals surface area contributed by atoms with Crippen LogP contribution in [0.5, 0.6) is 0 Å². The minimum Gasteiger partial charge on any atom is -0.341 e. The van der Waals surface area contributed by atoms with Crippen LogP contribution in [0.25, 0.3) is 0 Å². The number of piperazine rings is 1. The highest BCUT2D eigenvalue weighted by Gasteiger charge is 2.60. The molecular weight excluding hydrogens is 442 g/mol. The van der Waals surface area contributed by atoms with Crippen LogP contribution in [-0.4, -0.2) is 76.7 Å². The van der Waals surface area contributed by atoms with Crippen molar-refractivity contribution < 1.29 is 9.59 Å². The van der Waals surface area contributed by atoms with Gasteiger partial charge >= 0.3 is 0 Å². The SMILES string of the molecule is CC1CC(C)CN(C(=O)CN2CCN(C(=O)C34CC5CC(CC(Br)(C5)C3)C4)CC2)C1. The Balaban J connectivity index is 1.16. The van der Waals surface area contributed by atoms with Gasteiger partial charge in [-0.25, -0.2) is 0 Å². The first-order chi connectivity index (χ1) is 14.2. The molecule has 0 radical (unpaired) electrons. The molecule has 0 N–H and O–H groups in total. The zero-order valence-electron chi connectivity index (χ0n) is 18.7. The summed E-state index contributed by atoms with van der Waals surface area (Å²) in [5.74, 6) is 3.38. The molecule has 2 aliphatic heterocycles. The molecule has 2 amide bonds. The summed E-state index contributed by atoms with van der Waals surface area (Å²) in [6, 6.07) is 0. The van der Waals surface area contributed by atoms with E-state index in [-0.39, 0.29) is 15.6 Å². The van der Waals surface area contributed by atoms with Crippen LogP contribution in [0, 0.1) is 29.1 Å². The van der Waals surface area contributed by atoms with Crippen molar-refractivity contribution in [2.24, 2.45) is 29.1 Å². The van der Waals surface area contributed by atoms with Gasteiger partial charge < -0.3 is 9.80 Å². The zero-order chi connectivity index (χ0) is 21.1. The van der Waals surface area contributed by atoms with E-state index >= 15 is 0 Å². The highest BCUT2D eigenvalue weighted by molar-refractivity contribution is 9.10. The van der Waals surface area contributed by atoms with Crippen molar-refractivity contribution in [2.75, 3.05) is 45.8 Å². The molecule has 6 heteroatoms. The molecule has 4 unspecified atom stereocenters. The van der Waals surface area contributed by atoms with E-state index in [0.29, 0.717) is 24.3 Å². The van der Waals surface area contributed by atoms with Crippen LogP contribution in [0.1, 0.15) is 58.8 Å². The lowest BCUT2D eigenvalue weighted by molar-refractivity contribution is -0.157. The third-order valence-electron chi connectivity index (χ3n) is 8.68. The number of nitrogens with zero attached hydrogens (tertiary/aromatic N) is 3. The molecular formula is C24H38BrN3O2. The van der Waals surface area contributed by atoms with Crippen LogP contribution in [0.3, 0.4) is 0 Å². The van der Waals surface area contributed by atoms with E-state index < -0.39 is 0 Å². The summed E-state index contributed by atoms with van der Waals surface area (Å²) >= 11 is 4.05. The van der Waals surface area contributed by atoms with Crippen LogP contribution in [0.15, 0.2) is 0 Å². The fraction of sp³-hybridized carbons (Fsp3) is 0.917. The van der Waals surface area contributed by atoms with Gasteiger partial charge in [0.05, 0.1) is 12.0 Å². The molecule has 30 heavy (non-hydrogen) atoms. The number of hydrogen-bond donors (Lipinski definition) is 0. The van der Waals surface area contributed by atoms with Gasteiger partial charge in [-0.3, -0.25) is 14.5 Å². The van der Waals surface area contributed by atoms with Crippen LogP contribution >= 0.6 is 15.9 Å². The lowest BCUT2D eigenvalue weighted by Crippen LogP contribution is -2.61. The average molecular weight is 480 g/mol. The van der Waals surface area contributed by atoms with Crippen molar-refractivity contribution in [2.45, 2.75) is 63.1 Å². The maximum absolute atomic E-state index is 13.7. The number of piperidine rings is 1. The highest BCUT2D eigenvalue weighted by atomic mass is 79.9. The summed E-state index contributed by atoms with van der Waals surface area (Å²) in [7, 11) is 0. The smallest absolute Gasteiger partial charge is 0.236 e. The van der Waals surface area contributed by atoms with Gasteiger partial charge in [0.15, 0.2) is 0 Å². The molecule has 4 saturated carbocycles. The molecule has 0 aromatic heterocycles. The summed E-state index contributed by atoms with van der Waals surface area (Å²) in [6.45, 7) is 10.1. The van der Waals surface area contributed by atoms with Gasteiger partial charge in [0.1, 0.15) is 0 Å². The van der Waals surface area contributed by atoms with Gasteiger partial charge in [0.2, 0.25) is 11.8 Å². The number of rotatable bonds is 3. The minimum absolute atomic E-state index is 0.106. The molecule has 168 valence electrons. The summed E-state index contributed by atoms with van der Waals surface area (Å²) in [5.41, 5.74) is -0.106. The van der Waals surface area contributed by atoms with E-state index in [1.54, 1.807) is 0 Å². The number of hydrogen-bond acceptors (Lipinski definition) is 3. The van der Waals surface area contributed by atoms with Crippen molar-refractivity contribution in [3.05, 3.63) is 0 Å². The fourth-order valence-electron chi connectivity index (χ4n) is 8.00. The largest absolute Gasteiger partial charge is 0.341 e. The molecule has 0 spiro atoms. The van der Waals surface area contributed by atoms with E-state index in [1.165, 1.54) is 25.7 Å². The third-order valence-corrected chi connectivity index (χ3v) is 9.61. The molecule has 0 aromatic rings. The number of amides is 2. The molecule has 6 fully saturated rings. The quantitative estimate of drug-likeness (QED) is 0.582. The highest BCUT2D eigenvalue weighted by Crippen LogP contribution is 2.64. The summed E-state index contributed by atoms with van der Waals surface area (Å²) in [5, 5.41) is 0. The maximum atomic E-state index is 13.7. The Kier molecular flexibility index (Phi) is 5.49. The molecule has 5 nitrogen and oxygen atoms in total. The molecule has 4 atom stereocenters. The number of carbonyl (C=O) groups is 2. The molecule has 6 aliphatic rings. The van der Waals surface area contributed by atoms with Crippen molar-refractivity contribution in [1.29, 1.82) is 0 Å². The fourth-order valence-corrected chi connectivity index (χ4v) is 9.46. The van der Waals surface area contributed by atoms with E-state index in [2.05, 4.69) is 44.5 Å². The van der Waals surface area contributed by atoms with Crippen molar-refractivity contribution in [1.82, 2.24) is 14.7 Å². The number of likely N-dealkylation sites (tertiary alicyclic amines) is 1. The van der Waals surface area contributed by atoms with Crippen LogP contribution in [0.4, 0.5) is 0 Å². The molecule has 4 aliphatic carbocycles. The number of halogens is 1. The Morgan fingerprint density at radius 3 is 2.03 bits per heavy atom. The molecule has 6 rings (SSSR count). The second-order valence-electron chi connectivity index (χ2n) is 11.7. The average Bonchev–Trinajstić information content (AvgIpc) is 2.65. The summed E-state index contributed by atoms with van der Waals surface area (Å²) < 4.78 is 0.226. The standard InChI is InChI=1S/C24H38BrN3O2/c1-17-7-18(2)14-28(13-17)21(29)15-26-3-5-27(6-4-26)22(30)23-9-19-8-20(10-23)12-24(25,11-19)16-23/h17-20H,3-16H2,1-2H3. The van der Waals surface area contributed by atoms with Crippen LogP contribution in [-0.2, 0) is 9.59 Å². The first-order valence-electron chi connectivity index (χ1n) is 12.2. The molecule has 4 bridgehead atoms. The van der Waals surface area contributed by atoms with Crippen LogP contribution in [0.2, 0.25) is 0 Å². The van der Waals surface area contributed by atoms with E-state index in [4.69, 9.17) is 0 Å². The lowest BCUT2D eigenvalue weighted by Gasteiger charge is -2.60. The van der Waals surface area contributed by atoms with Gasteiger partial charge in [-0.05, 0) is 68.6 Å². The first-order valence-corrected chi connectivity index (χ1v) is 13.0. The van der Waals surface area contributed by atoms with Crippen molar-refractivity contribution >= 4 is 27.7 Å².